The molecule has 0 amide bonds. The highest BCUT2D eigenvalue weighted by Crippen LogP contribution is 2.15. The van der Waals surface area contributed by atoms with E-state index >= 15 is 0 Å². The Kier molecular flexibility index (Phi) is 6.32. The van der Waals surface area contributed by atoms with Crippen molar-refractivity contribution in [1.82, 2.24) is 4.90 Å². The second-order valence-electron chi connectivity index (χ2n) is 5.15. The Morgan fingerprint density at radius 2 is 1.84 bits per heavy atom. The van der Waals surface area contributed by atoms with E-state index in [9.17, 15) is 4.79 Å². The van der Waals surface area contributed by atoms with E-state index in [4.69, 9.17) is 16.7 Å². The molecule has 0 saturated heterocycles. The molecule has 1 aromatic carbocycles. The number of carboxylic acids is 1. The molecule has 106 valence electrons. The second-order valence-corrected chi connectivity index (χ2v) is 5.59. The molecule has 19 heavy (non-hydrogen) atoms. The van der Waals surface area contributed by atoms with Crippen LogP contribution in [0.2, 0.25) is 5.02 Å². The highest BCUT2D eigenvalue weighted by Gasteiger charge is 2.18. The molecule has 0 bridgehead atoms. The molecule has 0 aliphatic rings. The summed E-state index contributed by atoms with van der Waals surface area (Å²) in [7, 11) is 0. The Balaban J connectivity index is 2.63. The van der Waals surface area contributed by atoms with Crippen LogP contribution in [0.5, 0.6) is 0 Å². The Morgan fingerprint density at radius 3 is 2.32 bits per heavy atom. The fraction of sp³-hybridized carbons (Fsp3) is 0.533. The number of carboxylic acid groups (broad SMARTS) is 1. The Labute approximate surface area is 120 Å². The van der Waals surface area contributed by atoms with Crippen molar-refractivity contribution in [3.05, 3.63) is 34.9 Å². The second kappa shape index (κ2) is 7.51. The zero-order chi connectivity index (χ0) is 14.4. The van der Waals surface area contributed by atoms with Crippen LogP contribution < -0.4 is 0 Å². The van der Waals surface area contributed by atoms with E-state index in [2.05, 4.69) is 25.7 Å². The molecule has 0 aromatic heterocycles. The first kappa shape index (κ1) is 16.0. The number of rotatable bonds is 7. The fourth-order valence-corrected chi connectivity index (χ4v) is 2.42. The molecule has 1 rings (SSSR count). The third-order valence-corrected chi connectivity index (χ3v) is 3.51. The summed E-state index contributed by atoms with van der Waals surface area (Å²) >= 11 is 5.87. The highest BCUT2D eigenvalue weighted by atomic mass is 35.5. The maximum atomic E-state index is 10.7. The van der Waals surface area contributed by atoms with Gasteiger partial charge in [0.2, 0.25) is 0 Å². The van der Waals surface area contributed by atoms with Crippen LogP contribution in [0.3, 0.4) is 0 Å². The van der Waals surface area contributed by atoms with Crippen LogP contribution in [0.25, 0.3) is 0 Å². The summed E-state index contributed by atoms with van der Waals surface area (Å²) in [5.74, 6) is -0.746. The summed E-state index contributed by atoms with van der Waals surface area (Å²) in [5, 5.41) is 9.54. The first-order valence-electron chi connectivity index (χ1n) is 6.62. The van der Waals surface area contributed by atoms with Crippen molar-refractivity contribution in [3.8, 4) is 0 Å². The minimum Gasteiger partial charge on any atom is -0.481 e. The third kappa shape index (κ3) is 5.62. The molecule has 3 nitrogen and oxygen atoms in total. The third-order valence-electron chi connectivity index (χ3n) is 3.26. The van der Waals surface area contributed by atoms with E-state index in [1.54, 1.807) is 0 Å². The predicted octanol–water partition coefficient (Wildman–Crippen LogP) is 3.46. The van der Waals surface area contributed by atoms with Gasteiger partial charge < -0.3 is 5.11 Å². The lowest BCUT2D eigenvalue weighted by Crippen LogP contribution is -2.41. The highest BCUT2D eigenvalue weighted by molar-refractivity contribution is 6.30. The number of hydrogen-bond donors (Lipinski definition) is 1. The van der Waals surface area contributed by atoms with Gasteiger partial charge in [-0.15, -0.1) is 0 Å². The maximum Gasteiger partial charge on any atom is 0.304 e. The van der Waals surface area contributed by atoms with Gasteiger partial charge in [-0.3, -0.25) is 9.69 Å². The number of benzene rings is 1. The van der Waals surface area contributed by atoms with Crippen LogP contribution in [0.4, 0.5) is 0 Å². The van der Waals surface area contributed by atoms with Crippen molar-refractivity contribution in [3.63, 3.8) is 0 Å². The molecule has 1 aromatic rings. The van der Waals surface area contributed by atoms with Gasteiger partial charge in [0.25, 0.3) is 0 Å². The van der Waals surface area contributed by atoms with Crippen LogP contribution >= 0.6 is 11.6 Å². The molecule has 0 heterocycles. The standard InChI is InChI=1S/C15H22ClNO2/c1-11(2)17(9-8-15(18)19)12(3)10-13-4-6-14(16)7-5-13/h4-7,11-12H,8-10H2,1-3H3,(H,18,19). The van der Waals surface area contributed by atoms with Crippen LogP contribution in [-0.4, -0.2) is 34.6 Å². The average Bonchev–Trinajstić information content (AvgIpc) is 2.31. The topological polar surface area (TPSA) is 40.5 Å². The first-order chi connectivity index (χ1) is 8.90. The molecule has 0 aliphatic carbocycles. The molecule has 0 aliphatic heterocycles. The molecule has 0 radical (unpaired) electrons. The van der Waals surface area contributed by atoms with E-state index < -0.39 is 5.97 Å². The van der Waals surface area contributed by atoms with Gasteiger partial charge in [-0.25, -0.2) is 0 Å². The van der Waals surface area contributed by atoms with E-state index in [1.807, 2.05) is 24.3 Å². The molecular formula is C15H22ClNO2. The lowest BCUT2D eigenvalue weighted by Gasteiger charge is -2.32. The number of halogens is 1. The van der Waals surface area contributed by atoms with Crippen molar-refractivity contribution in [2.75, 3.05) is 6.54 Å². The van der Waals surface area contributed by atoms with Crippen LogP contribution in [-0.2, 0) is 11.2 Å². The average molecular weight is 284 g/mol. The van der Waals surface area contributed by atoms with Crippen LogP contribution in [0, 0.1) is 0 Å². The summed E-state index contributed by atoms with van der Waals surface area (Å²) in [4.78, 5) is 12.9. The van der Waals surface area contributed by atoms with Gasteiger partial charge in [-0.2, -0.15) is 0 Å². The molecule has 4 heteroatoms. The Bertz CT molecular complexity index is 403. The summed E-state index contributed by atoms with van der Waals surface area (Å²) in [6.07, 6.45) is 1.08. The number of hydrogen-bond acceptors (Lipinski definition) is 2. The van der Waals surface area contributed by atoms with Gasteiger partial charge in [-0.1, -0.05) is 23.7 Å². The minimum atomic E-state index is -0.746. The van der Waals surface area contributed by atoms with Gasteiger partial charge in [-0.05, 0) is 44.9 Å². The number of nitrogens with zero attached hydrogens (tertiary/aromatic N) is 1. The van der Waals surface area contributed by atoms with E-state index in [0.717, 1.165) is 11.4 Å². The maximum absolute atomic E-state index is 10.7. The summed E-state index contributed by atoms with van der Waals surface area (Å²) in [6, 6.07) is 8.46. The van der Waals surface area contributed by atoms with E-state index in [1.165, 1.54) is 5.56 Å². The fourth-order valence-electron chi connectivity index (χ4n) is 2.29. The van der Waals surface area contributed by atoms with Crippen molar-refractivity contribution in [2.24, 2.45) is 0 Å². The zero-order valence-corrected chi connectivity index (χ0v) is 12.5. The Hall–Kier alpha value is -1.06. The molecule has 0 spiro atoms. The van der Waals surface area contributed by atoms with Crippen molar-refractivity contribution >= 4 is 17.6 Å². The predicted molar refractivity (Wildman–Crippen MR) is 78.7 cm³/mol. The smallest absolute Gasteiger partial charge is 0.304 e. The van der Waals surface area contributed by atoms with Crippen molar-refractivity contribution < 1.29 is 9.90 Å². The Morgan fingerprint density at radius 1 is 1.26 bits per heavy atom. The van der Waals surface area contributed by atoms with Crippen molar-refractivity contribution in [1.29, 1.82) is 0 Å². The monoisotopic (exact) mass is 283 g/mol. The quantitative estimate of drug-likeness (QED) is 0.833. The van der Waals surface area contributed by atoms with Crippen molar-refractivity contribution in [2.45, 2.75) is 45.7 Å². The van der Waals surface area contributed by atoms with Crippen LogP contribution in [0.1, 0.15) is 32.8 Å². The SMILES string of the molecule is CC(C)N(CCC(=O)O)C(C)Cc1ccc(Cl)cc1. The van der Waals surface area contributed by atoms with E-state index in [0.29, 0.717) is 18.6 Å². The normalized spacial score (nSPS) is 12.9. The van der Waals surface area contributed by atoms with Gasteiger partial charge in [0.05, 0.1) is 6.42 Å². The number of aliphatic carboxylic acids is 1. The molecule has 1 N–H and O–H groups in total. The lowest BCUT2D eigenvalue weighted by molar-refractivity contribution is -0.137. The van der Waals surface area contributed by atoms with Gasteiger partial charge in [0.1, 0.15) is 0 Å². The summed E-state index contributed by atoms with van der Waals surface area (Å²) < 4.78 is 0. The summed E-state index contributed by atoms with van der Waals surface area (Å²) in [6.45, 7) is 6.92. The van der Waals surface area contributed by atoms with Gasteiger partial charge >= 0.3 is 5.97 Å². The number of carbonyl (C=O) groups is 1. The molecule has 0 saturated carbocycles. The summed E-state index contributed by atoms with van der Waals surface area (Å²) in [5.41, 5.74) is 1.22. The molecular weight excluding hydrogens is 262 g/mol. The molecule has 0 fully saturated rings. The molecule has 1 unspecified atom stereocenters. The largest absolute Gasteiger partial charge is 0.481 e. The lowest BCUT2D eigenvalue weighted by atomic mass is 10.0. The first-order valence-corrected chi connectivity index (χ1v) is 7.00. The van der Waals surface area contributed by atoms with E-state index in [-0.39, 0.29) is 6.42 Å². The van der Waals surface area contributed by atoms with Gasteiger partial charge in [0.15, 0.2) is 0 Å². The molecule has 1 atom stereocenters. The van der Waals surface area contributed by atoms with Gasteiger partial charge in [0, 0.05) is 23.7 Å². The zero-order valence-electron chi connectivity index (χ0n) is 11.8. The van der Waals surface area contributed by atoms with Crippen LogP contribution in [0.15, 0.2) is 24.3 Å². The minimum absolute atomic E-state index is 0.184.